The zero-order valence-electron chi connectivity index (χ0n) is 2.94. The van der Waals surface area contributed by atoms with Crippen LogP contribution in [0.2, 0.25) is 0 Å². The predicted molar refractivity (Wildman–Crippen MR) is 20.9 cm³/mol. The van der Waals surface area contributed by atoms with E-state index >= 15 is 0 Å². The molecule has 0 aliphatic carbocycles. The molecule has 0 saturated carbocycles. The van der Waals surface area contributed by atoms with E-state index in [2.05, 4.69) is 5.11 Å². The minimum Gasteiger partial charge on any atom is -0.279 e. The van der Waals surface area contributed by atoms with Crippen LogP contribution in [0.15, 0.2) is 5.11 Å². The number of nitrogens with zero attached hydrogens (tertiary/aromatic N) is 1. The third-order valence-corrected chi connectivity index (χ3v) is 0.323. The van der Waals surface area contributed by atoms with Crippen LogP contribution in [0.3, 0.4) is 0 Å². The van der Waals surface area contributed by atoms with Crippen LogP contribution in [0.25, 0.3) is 0 Å². The van der Waals surface area contributed by atoms with Gasteiger partial charge in [-0.25, -0.2) is 5.53 Å². The molecule has 3 nitrogen and oxygen atoms in total. The maximum Gasteiger partial charge on any atom is 0.244 e. The zero-order valence-corrected chi connectivity index (χ0v) is 3.70. The Labute approximate surface area is 39.8 Å². The van der Waals surface area contributed by atoms with E-state index in [-0.39, 0.29) is 6.54 Å². The largest absolute Gasteiger partial charge is 0.279 e. The molecule has 0 aliphatic heterocycles. The van der Waals surface area contributed by atoms with Crippen molar-refractivity contribution in [2.75, 3.05) is 6.54 Å². The monoisotopic (exact) mass is 106 g/mol. The molecule has 0 bridgehead atoms. The molecule has 0 aromatic rings. The van der Waals surface area contributed by atoms with Gasteiger partial charge in [-0.3, -0.25) is 4.79 Å². The highest BCUT2D eigenvalue weighted by molar-refractivity contribution is 6.64. The van der Waals surface area contributed by atoms with Crippen LogP contribution in [0.4, 0.5) is 0 Å². The molecule has 6 heavy (non-hydrogen) atoms. The standard InChI is InChI=1S/C2H3ClN2O/c3-2(6)1-5-4/h4H,1H2. The molecule has 4 heteroatoms. The van der Waals surface area contributed by atoms with Gasteiger partial charge in [0.1, 0.15) is 6.54 Å². The fourth-order valence-corrected chi connectivity index (χ4v) is 0.122. The van der Waals surface area contributed by atoms with Crippen LogP contribution in [0.5, 0.6) is 0 Å². The highest BCUT2D eigenvalue weighted by Crippen LogP contribution is 1.76. The molecule has 0 rings (SSSR count). The maximum atomic E-state index is 9.60. The number of hydrogen-bond donors (Lipinski definition) is 1. The number of hydrogen-bond acceptors (Lipinski definition) is 3. The molecule has 0 fully saturated rings. The molecule has 0 aromatic carbocycles. The SMILES string of the molecule is N=NCC(=O)Cl. The van der Waals surface area contributed by atoms with E-state index in [9.17, 15) is 4.79 Å². The second kappa shape index (κ2) is 2.78. The van der Waals surface area contributed by atoms with Gasteiger partial charge in [0.2, 0.25) is 5.24 Å². The molecule has 0 atom stereocenters. The summed E-state index contributed by atoms with van der Waals surface area (Å²) in [7, 11) is 0. The lowest BCUT2D eigenvalue weighted by Gasteiger charge is -1.71. The van der Waals surface area contributed by atoms with Gasteiger partial charge in [-0.2, -0.15) is 5.11 Å². The van der Waals surface area contributed by atoms with E-state index in [0.717, 1.165) is 0 Å². The van der Waals surface area contributed by atoms with Gasteiger partial charge in [-0.1, -0.05) is 0 Å². The van der Waals surface area contributed by atoms with Gasteiger partial charge >= 0.3 is 0 Å². The van der Waals surface area contributed by atoms with Gasteiger partial charge < -0.3 is 0 Å². The Morgan fingerprint density at radius 2 is 2.50 bits per heavy atom. The molecule has 0 saturated heterocycles. The van der Waals surface area contributed by atoms with Crippen molar-refractivity contribution in [3.8, 4) is 0 Å². The lowest BCUT2D eigenvalue weighted by atomic mass is 10.8. The molecule has 0 aromatic heterocycles. The fourth-order valence-electron chi connectivity index (χ4n) is 0.0622. The second-order valence-corrected chi connectivity index (χ2v) is 1.09. The first-order valence-electron chi connectivity index (χ1n) is 1.29. The van der Waals surface area contributed by atoms with Crippen LogP contribution < -0.4 is 0 Å². The lowest BCUT2D eigenvalue weighted by molar-refractivity contribution is -0.110. The molecular formula is C2H3ClN2O. The molecule has 0 radical (unpaired) electrons. The van der Waals surface area contributed by atoms with Crippen molar-refractivity contribution in [1.29, 1.82) is 5.53 Å². The van der Waals surface area contributed by atoms with Gasteiger partial charge in [0.15, 0.2) is 0 Å². The van der Waals surface area contributed by atoms with E-state index in [1.807, 2.05) is 0 Å². The Balaban J connectivity index is 3.05. The summed E-state index contributed by atoms with van der Waals surface area (Å²) in [6, 6.07) is 0. The van der Waals surface area contributed by atoms with Crippen molar-refractivity contribution < 1.29 is 4.79 Å². The predicted octanol–water partition coefficient (Wildman–Crippen LogP) is 0.783. The van der Waals surface area contributed by atoms with Gasteiger partial charge in [-0.15, -0.1) is 0 Å². The Morgan fingerprint density at radius 3 is 2.50 bits per heavy atom. The summed E-state index contributed by atoms with van der Waals surface area (Å²) in [5.41, 5.74) is 6.05. The minimum atomic E-state index is -0.593. The molecule has 0 spiro atoms. The lowest BCUT2D eigenvalue weighted by Crippen LogP contribution is -1.87. The molecule has 0 aliphatic rings. The highest BCUT2D eigenvalue weighted by atomic mass is 35.5. The molecule has 0 unspecified atom stereocenters. The molecular weight excluding hydrogens is 103 g/mol. The Kier molecular flexibility index (Phi) is 2.58. The average Bonchev–Trinajstić information content (AvgIpc) is 1.35. The van der Waals surface area contributed by atoms with Crippen molar-refractivity contribution in [2.24, 2.45) is 5.11 Å². The van der Waals surface area contributed by atoms with Crippen molar-refractivity contribution in [3.63, 3.8) is 0 Å². The number of rotatable bonds is 2. The summed E-state index contributed by atoms with van der Waals surface area (Å²) in [4.78, 5) is 9.60. The Hall–Kier alpha value is -0.440. The first-order chi connectivity index (χ1) is 2.77. The van der Waals surface area contributed by atoms with Crippen LogP contribution in [-0.4, -0.2) is 11.8 Å². The third-order valence-electron chi connectivity index (χ3n) is 0.203. The number of carbonyl (C=O) groups excluding carboxylic acids is 1. The van der Waals surface area contributed by atoms with E-state index in [1.54, 1.807) is 0 Å². The Bertz CT molecular complexity index is 71.9. The Morgan fingerprint density at radius 1 is 2.00 bits per heavy atom. The van der Waals surface area contributed by atoms with E-state index in [4.69, 9.17) is 17.1 Å². The molecule has 34 valence electrons. The normalized spacial score (nSPS) is 7.50. The molecule has 0 amide bonds. The van der Waals surface area contributed by atoms with Gasteiger partial charge in [-0.05, 0) is 11.6 Å². The summed E-state index contributed by atoms with van der Waals surface area (Å²) in [6.45, 7) is -0.207. The van der Waals surface area contributed by atoms with E-state index in [0.29, 0.717) is 0 Å². The maximum absolute atomic E-state index is 9.60. The number of halogens is 1. The topological polar surface area (TPSA) is 53.3 Å². The summed E-state index contributed by atoms with van der Waals surface area (Å²) in [5, 5.41) is 2.11. The van der Waals surface area contributed by atoms with Crippen molar-refractivity contribution in [1.82, 2.24) is 0 Å². The number of carbonyl (C=O) groups is 1. The van der Waals surface area contributed by atoms with Crippen LogP contribution >= 0.6 is 11.6 Å². The molecule has 0 heterocycles. The smallest absolute Gasteiger partial charge is 0.244 e. The second-order valence-electron chi connectivity index (χ2n) is 0.671. The highest BCUT2D eigenvalue weighted by Gasteiger charge is 1.86. The summed E-state index contributed by atoms with van der Waals surface area (Å²) in [6.07, 6.45) is 0. The summed E-state index contributed by atoms with van der Waals surface area (Å²) in [5.74, 6) is 0. The van der Waals surface area contributed by atoms with Gasteiger partial charge in [0.05, 0.1) is 0 Å². The van der Waals surface area contributed by atoms with Crippen molar-refractivity contribution in [2.45, 2.75) is 0 Å². The zero-order chi connectivity index (χ0) is 4.99. The van der Waals surface area contributed by atoms with Gasteiger partial charge in [0.25, 0.3) is 0 Å². The molecule has 1 N–H and O–H groups in total. The summed E-state index contributed by atoms with van der Waals surface area (Å²) >= 11 is 4.73. The van der Waals surface area contributed by atoms with Gasteiger partial charge in [0, 0.05) is 0 Å². The van der Waals surface area contributed by atoms with Crippen LogP contribution in [0.1, 0.15) is 0 Å². The van der Waals surface area contributed by atoms with Crippen LogP contribution in [0, 0.1) is 5.53 Å². The fraction of sp³-hybridized carbons (Fsp3) is 0.500. The van der Waals surface area contributed by atoms with Crippen LogP contribution in [-0.2, 0) is 4.79 Å². The van der Waals surface area contributed by atoms with Crippen molar-refractivity contribution in [3.05, 3.63) is 0 Å². The summed E-state index contributed by atoms with van der Waals surface area (Å²) < 4.78 is 0. The first kappa shape index (κ1) is 5.56. The first-order valence-corrected chi connectivity index (χ1v) is 1.66. The third kappa shape index (κ3) is 3.56. The minimum absolute atomic E-state index is 0.207. The van der Waals surface area contributed by atoms with E-state index < -0.39 is 5.24 Å². The van der Waals surface area contributed by atoms with Crippen molar-refractivity contribution >= 4 is 16.8 Å². The van der Waals surface area contributed by atoms with E-state index in [1.165, 1.54) is 0 Å². The number of nitrogens with one attached hydrogen (secondary N) is 1. The quantitative estimate of drug-likeness (QED) is 0.411. The average molecular weight is 107 g/mol.